The van der Waals surface area contributed by atoms with Gasteiger partial charge < -0.3 is 5.32 Å². The van der Waals surface area contributed by atoms with Gasteiger partial charge in [0.25, 0.3) is 0 Å². The van der Waals surface area contributed by atoms with Gasteiger partial charge in [0.1, 0.15) is 0 Å². The molecule has 0 aromatic heterocycles. The summed E-state index contributed by atoms with van der Waals surface area (Å²) in [6.45, 7) is 10.5. The lowest BCUT2D eigenvalue weighted by molar-refractivity contribution is 0.457. The van der Waals surface area contributed by atoms with Crippen molar-refractivity contribution in [2.75, 3.05) is 11.9 Å². The molecule has 2 rings (SSSR count). The molecule has 1 nitrogen and oxygen atoms in total. The van der Waals surface area contributed by atoms with Crippen molar-refractivity contribution in [1.82, 2.24) is 0 Å². The zero-order valence-electron chi connectivity index (χ0n) is 10.2. The fourth-order valence-electron chi connectivity index (χ4n) is 2.62. The second kappa shape index (κ2) is 3.26. The summed E-state index contributed by atoms with van der Waals surface area (Å²) in [6.07, 6.45) is 0. The normalized spacial score (nSPS) is 22.4. The molecule has 0 spiro atoms. The quantitative estimate of drug-likeness (QED) is 0.788. The molecule has 15 heavy (non-hydrogen) atoms. The molecule has 82 valence electrons. The van der Waals surface area contributed by atoms with Crippen LogP contribution in [0.25, 0.3) is 0 Å². The molecule has 0 aliphatic heterocycles. The van der Waals surface area contributed by atoms with Crippen LogP contribution in [0.4, 0.5) is 5.69 Å². The molecule has 0 unspecified atom stereocenters. The van der Waals surface area contributed by atoms with E-state index >= 15 is 0 Å². The van der Waals surface area contributed by atoms with Crippen molar-refractivity contribution in [1.29, 1.82) is 0 Å². The van der Waals surface area contributed by atoms with E-state index in [0.29, 0.717) is 10.8 Å². The van der Waals surface area contributed by atoms with Gasteiger partial charge in [-0.25, -0.2) is 0 Å². The van der Waals surface area contributed by atoms with Crippen molar-refractivity contribution in [2.45, 2.75) is 27.7 Å². The van der Waals surface area contributed by atoms with Crippen molar-refractivity contribution < 1.29 is 0 Å². The van der Waals surface area contributed by atoms with E-state index in [1.54, 1.807) is 0 Å². The second-order valence-electron chi connectivity index (χ2n) is 5.74. The van der Waals surface area contributed by atoms with Crippen LogP contribution in [0.2, 0.25) is 0 Å². The number of hydrogen-bond acceptors (Lipinski definition) is 1. The van der Waals surface area contributed by atoms with E-state index in [9.17, 15) is 0 Å². The van der Waals surface area contributed by atoms with Crippen LogP contribution in [0, 0.1) is 16.7 Å². The molecule has 1 aliphatic rings. The van der Waals surface area contributed by atoms with Gasteiger partial charge in [-0.1, -0.05) is 45.9 Å². The molecule has 1 aromatic carbocycles. The average molecular weight is 203 g/mol. The first-order chi connectivity index (χ1) is 6.96. The van der Waals surface area contributed by atoms with Crippen molar-refractivity contribution in [3.8, 4) is 0 Å². The van der Waals surface area contributed by atoms with Crippen molar-refractivity contribution in [3.05, 3.63) is 30.3 Å². The van der Waals surface area contributed by atoms with Gasteiger partial charge in [-0.2, -0.15) is 0 Å². The molecule has 1 heteroatoms. The standard InChI is InChI=1S/C14H21N/c1-13(2)12(14(13,3)4)10-15-11-8-6-5-7-9-11/h5-9,12,15H,10H2,1-4H3. The molecule has 0 radical (unpaired) electrons. The van der Waals surface area contributed by atoms with Gasteiger partial charge in [-0.05, 0) is 28.9 Å². The number of hydrogen-bond donors (Lipinski definition) is 1. The van der Waals surface area contributed by atoms with E-state index < -0.39 is 0 Å². The van der Waals surface area contributed by atoms with Crippen LogP contribution in [-0.4, -0.2) is 6.54 Å². The Kier molecular flexibility index (Phi) is 2.29. The van der Waals surface area contributed by atoms with Crippen LogP contribution < -0.4 is 5.32 Å². The smallest absolute Gasteiger partial charge is 0.0340 e. The maximum atomic E-state index is 3.52. The van der Waals surface area contributed by atoms with Gasteiger partial charge in [0.15, 0.2) is 0 Å². The Balaban J connectivity index is 1.92. The van der Waals surface area contributed by atoms with Crippen LogP contribution in [-0.2, 0) is 0 Å². The van der Waals surface area contributed by atoms with Crippen LogP contribution in [0.1, 0.15) is 27.7 Å². The maximum absolute atomic E-state index is 3.52. The number of nitrogens with one attached hydrogen (secondary N) is 1. The van der Waals surface area contributed by atoms with Crippen molar-refractivity contribution in [2.24, 2.45) is 16.7 Å². The number of para-hydroxylation sites is 1. The highest BCUT2D eigenvalue weighted by Crippen LogP contribution is 2.68. The zero-order valence-corrected chi connectivity index (χ0v) is 10.2. The van der Waals surface area contributed by atoms with Crippen molar-refractivity contribution >= 4 is 5.69 Å². The lowest BCUT2D eigenvalue weighted by atomic mass is 10.0. The van der Waals surface area contributed by atoms with E-state index in [1.807, 2.05) is 0 Å². The minimum atomic E-state index is 0.481. The third-order valence-electron chi connectivity index (χ3n) is 4.60. The Morgan fingerprint density at radius 1 is 1.00 bits per heavy atom. The minimum Gasteiger partial charge on any atom is -0.385 e. The summed E-state index contributed by atoms with van der Waals surface area (Å²) < 4.78 is 0. The summed E-state index contributed by atoms with van der Waals surface area (Å²) in [5, 5.41) is 3.52. The average Bonchev–Trinajstić information content (AvgIpc) is 2.57. The SMILES string of the molecule is CC1(C)C(CNc2ccccc2)C1(C)C. The predicted octanol–water partition coefficient (Wildman–Crippen LogP) is 3.78. The lowest BCUT2D eigenvalue weighted by Gasteiger charge is -2.06. The topological polar surface area (TPSA) is 12.0 Å². The summed E-state index contributed by atoms with van der Waals surface area (Å²) in [5.41, 5.74) is 2.19. The minimum absolute atomic E-state index is 0.481. The van der Waals surface area contributed by atoms with Crippen LogP contribution in [0.5, 0.6) is 0 Å². The highest BCUT2D eigenvalue weighted by atomic mass is 14.9. The number of benzene rings is 1. The van der Waals surface area contributed by atoms with E-state index in [2.05, 4.69) is 63.3 Å². The van der Waals surface area contributed by atoms with Crippen molar-refractivity contribution in [3.63, 3.8) is 0 Å². The summed E-state index contributed by atoms with van der Waals surface area (Å²) >= 11 is 0. The molecule has 1 fully saturated rings. The van der Waals surface area contributed by atoms with Gasteiger partial charge in [-0.3, -0.25) is 0 Å². The van der Waals surface area contributed by atoms with Gasteiger partial charge in [0, 0.05) is 12.2 Å². The lowest BCUT2D eigenvalue weighted by Crippen LogP contribution is -2.07. The first-order valence-corrected chi connectivity index (χ1v) is 5.75. The summed E-state index contributed by atoms with van der Waals surface area (Å²) in [7, 11) is 0. The fraction of sp³-hybridized carbons (Fsp3) is 0.571. The Hall–Kier alpha value is -0.980. The fourth-order valence-corrected chi connectivity index (χ4v) is 2.62. The molecule has 0 atom stereocenters. The van der Waals surface area contributed by atoms with E-state index in [-0.39, 0.29) is 0 Å². The summed E-state index contributed by atoms with van der Waals surface area (Å²) in [5.74, 6) is 0.783. The summed E-state index contributed by atoms with van der Waals surface area (Å²) in [6, 6.07) is 10.5. The number of anilines is 1. The Labute approximate surface area is 92.9 Å². The largest absolute Gasteiger partial charge is 0.385 e. The molecule has 1 N–H and O–H groups in total. The molecule has 1 aromatic rings. The first kappa shape index (κ1) is 10.5. The molecule has 0 saturated heterocycles. The van der Waals surface area contributed by atoms with Gasteiger partial charge in [0.2, 0.25) is 0 Å². The zero-order chi connectivity index (χ0) is 11.1. The Morgan fingerprint density at radius 3 is 2.00 bits per heavy atom. The molecular formula is C14H21N. The van der Waals surface area contributed by atoms with Gasteiger partial charge >= 0.3 is 0 Å². The number of rotatable bonds is 3. The van der Waals surface area contributed by atoms with Gasteiger partial charge in [0.05, 0.1) is 0 Å². The van der Waals surface area contributed by atoms with E-state index in [4.69, 9.17) is 0 Å². The van der Waals surface area contributed by atoms with Crippen LogP contribution >= 0.6 is 0 Å². The molecule has 1 saturated carbocycles. The molecule has 1 aliphatic carbocycles. The third-order valence-corrected chi connectivity index (χ3v) is 4.60. The molecule has 0 amide bonds. The molecule has 0 bridgehead atoms. The Morgan fingerprint density at radius 2 is 1.53 bits per heavy atom. The van der Waals surface area contributed by atoms with Crippen LogP contribution in [0.3, 0.4) is 0 Å². The third kappa shape index (κ3) is 1.64. The highest BCUT2D eigenvalue weighted by molar-refractivity contribution is 5.43. The second-order valence-corrected chi connectivity index (χ2v) is 5.74. The monoisotopic (exact) mass is 203 g/mol. The van der Waals surface area contributed by atoms with Crippen LogP contribution in [0.15, 0.2) is 30.3 Å². The Bertz CT molecular complexity index is 324. The molecular weight excluding hydrogens is 182 g/mol. The van der Waals surface area contributed by atoms with Gasteiger partial charge in [-0.15, -0.1) is 0 Å². The summed E-state index contributed by atoms with van der Waals surface area (Å²) in [4.78, 5) is 0. The first-order valence-electron chi connectivity index (χ1n) is 5.75. The predicted molar refractivity (Wildman–Crippen MR) is 66.0 cm³/mol. The van der Waals surface area contributed by atoms with E-state index in [1.165, 1.54) is 5.69 Å². The molecule has 0 heterocycles. The maximum Gasteiger partial charge on any atom is 0.0340 e. The highest BCUT2D eigenvalue weighted by Gasteiger charge is 2.63. The van der Waals surface area contributed by atoms with E-state index in [0.717, 1.165) is 12.5 Å².